The summed E-state index contributed by atoms with van der Waals surface area (Å²) >= 11 is 14.4. The largest absolute Gasteiger partial charge is 0.506 e. The number of aliphatic carboxylic acids is 1. The Morgan fingerprint density at radius 3 is 2.39 bits per heavy atom. The van der Waals surface area contributed by atoms with Gasteiger partial charge in [-0.1, -0.05) is 37.0 Å². The fraction of sp³-hybridized carbons (Fsp3) is 0.348. The molecule has 4 rings (SSSR count). The van der Waals surface area contributed by atoms with Crippen LogP contribution in [0.3, 0.4) is 0 Å². The lowest BCUT2D eigenvalue weighted by atomic mass is 9.75. The second kappa shape index (κ2) is 8.72. The number of anilines is 1. The first kappa shape index (κ1) is 24.3. The van der Waals surface area contributed by atoms with Gasteiger partial charge in [0, 0.05) is 20.2 Å². The van der Waals surface area contributed by atoms with Crippen molar-refractivity contribution in [3.63, 3.8) is 0 Å². The molecule has 2 aliphatic heterocycles. The van der Waals surface area contributed by atoms with Crippen molar-refractivity contribution in [2.45, 2.75) is 31.8 Å². The fourth-order valence-corrected chi connectivity index (χ4v) is 5.92. The molecule has 2 aliphatic rings. The number of carbonyl (C=O) groups excluding carboxylic acids is 2. The summed E-state index contributed by atoms with van der Waals surface area (Å²) in [5, 5.41) is 24.2. The molecule has 0 aliphatic carbocycles. The van der Waals surface area contributed by atoms with Crippen molar-refractivity contribution >= 4 is 69.3 Å². The fourth-order valence-electron chi connectivity index (χ4n) is 5.05. The number of carboxylic acid groups (broad SMARTS) is 1. The van der Waals surface area contributed by atoms with Gasteiger partial charge in [0.15, 0.2) is 0 Å². The van der Waals surface area contributed by atoms with E-state index in [9.17, 15) is 24.6 Å². The quantitative estimate of drug-likeness (QED) is 0.340. The Hall–Kier alpha value is -1.88. The molecule has 0 saturated carbocycles. The number of amides is 2. The lowest BCUT2D eigenvalue weighted by Crippen LogP contribution is -2.56. The summed E-state index contributed by atoms with van der Waals surface area (Å²) in [7, 11) is 0. The predicted molar refractivity (Wildman–Crippen MR) is 132 cm³/mol. The SMILES string of the molecule is CC(C)C[C@]1(C(=O)O)N[C@H](c2cc(Cl)cc(Cl)c2O)[C@@H]2C(=O)N(c3ccc(I)cc3)C(=O)[C@H]21. The molecule has 174 valence electrons. The third-order valence-electron chi connectivity index (χ3n) is 6.24. The molecule has 0 spiro atoms. The standard InChI is InChI=1S/C23H21Cl2IN2O5/c1-10(2)9-23(22(32)33)17-16(18(27-23)14-7-11(24)8-15(25)19(14)29)20(30)28(21(17)31)13-5-3-12(26)4-6-13/h3-8,10,16-18,27,29H,9H2,1-2H3,(H,32,33)/t16-,17+,18-,23+/m1/s1. The Morgan fingerprint density at radius 1 is 1.18 bits per heavy atom. The van der Waals surface area contributed by atoms with Gasteiger partial charge in [-0.15, -0.1) is 0 Å². The van der Waals surface area contributed by atoms with Crippen molar-refractivity contribution in [3.8, 4) is 5.75 Å². The lowest BCUT2D eigenvalue weighted by Gasteiger charge is -2.32. The third-order valence-corrected chi connectivity index (χ3v) is 7.47. The number of nitrogens with zero attached hydrogens (tertiary/aromatic N) is 1. The minimum absolute atomic E-state index is 0.0289. The molecule has 2 aromatic rings. The Bertz CT molecular complexity index is 1160. The van der Waals surface area contributed by atoms with Gasteiger partial charge in [0.25, 0.3) is 0 Å². The summed E-state index contributed by atoms with van der Waals surface area (Å²) in [6, 6.07) is 8.65. The summed E-state index contributed by atoms with van der Waals surface area (Å²) in [5.74, 6) is -5.00. The minimum atomic E-state index is -1.71. The van der Waals surface area contributed by atoms with Crippen LogP contribution in [0, 0.1) is 21.3 Å². The number of benzene rings is 2. The number of nitrogens with one attached hydrogen (secondary N) is 1. The molecule has 3 N–H and O–H groups in total. The number of hydrogen-bond donors (Lipinski definition) is 3. The highest BCUT2D eigenvalue weighted by molar-refractivity contribution is 14.1. The molecule has 0 radical (unpaired) electrons. The molecule has 0 unspecified atom stereocenters. The topological polar surface area (TPSA) is 107 Å². The number of rotatable bonds is 5. The van der Waals surface area contributed by atoms with Crippen LogP contribution in [0.15, 0.2) is 36.4 Å². The zero-order chi connectivity index (χ0) is 24.2. The number of carbonyl (C=O) groups is 3. The maximum absolute atomic E-state index is 13.7. The molecule has 33 heavy (non-hydrogen) atoms. The van der Waals surface area contributed by atoms with Crippen molar-refractivity contribution in [2.75, 3.05) is 4.90 Å². The number of aromatic hydroxyl groups is 1. The van der Waals surface area contributed by atoms with Gasteiger partial charge in [0.1, 0.15) is 11.3 Å². The third kappa shape index (κ3) is 3.90. The number of phenolic OH excluding ortho intramolecular Hbond substituents is 1. The Balaban J connectivity index is 1.91. The van der Waals surface area contributed by atoms with E-state index in [1.54, 1.807) is 24.3 Å². The van der Waals surface area contributed by atoms with E-state index in [1.165, 1.54) is 12.1 Å². The van der Waals surface area contributed by atoms with E-state index in [-0.39, 0.29) is 33.7 Å². The zero-order valence-corrected chi connectivity index (χ0v) is 21.4. The van der Waals surface area contributed by atoms with E-state index < -0.39 is 41.2 Å². The highest BCUT2D eigenvalue weighted by Crippen LogP contribution is 2.53. The maximum Gasteiger partial charge on any atom is 0.324 e. The number of carboxylic acids is 1. The second-order valence-electron chi connectivity index (χ2n) is 8.81. The van der Waals surface area contributed by atoms with Gasteiger partial charge in [-0.2, -0.15) is 0 Å². The van der Waals surface area contributed by atoms with Crippen LogP contribution in [-0.4, -0.2) is 33.5 Å². The van der Waals surface area contributed by atoms with E-state index in [0.29, 0.717) is 5.69 Å². The van der Waals surface area contributed by atoms with Crippen molar-refractivity contribution in [1.29, 1.82) is 0 Å². The molecule has 0 bridgehead atoms. The number of phenols is 1. The molecule has 7 nitrogen and oxygen atoms in total. The van der Waals surface area contributed by atoms with Gasteiger partial charge in [-0.3, -0.25) is 19.7 Å². The Kier molecular flexibility index (Phi) is 6.41. The summed E-state index contributed by atoms with van der Waals surface area (Å²) in [4.78, 5) is 41.1. The summed E-state index contributed by atoms with van der Waals surface area (Å²) in [6.45, 7) is 3.70. The predicted octanol–water partition coefficient (Wildman–Crippen LogP) is 4.62. The molecular weight excluding hydrogens is 582 g/mol. The summed E-state index contributed by atoms with van der Waals surface area (Å²) in [6.07, 6.45) is 0.106. The minimum Gasteiger partial charge on any atom is -0.506 e. The number of imide groups is 1. The first-order valence-electron chi connectivity index (χ1n) is 10.3. The van der Waals surface area contributed by atoms with Crippen LogP contribution in [-0.2, 0) is 14.4 Å². The van der Waals surface area contributed by atoms with Gasteiger partial charge in [0.2, 0.25) is 11.8 Å². The lowest BCUT2D eigenvalue weighted by molar-refractivity contribution is -0.149. The average Bonchev–Trinajstić information content (AvgIpc) is 3.20. The number of halogens is 3. The number of hydrogen-bond acceptors (Lipinski definition) is 5. The van der Waals surface area contributed by atoms with Gasteiger partial charge in [-0.25, -0.2) is 4.90 Å². The molecule has 2 aromatic carbocycles. The first-order valence-corrected chi connectivity index (χ1v) is 12.1. The Labute approximate surface area is 214 Å². The van der Waals surface area contributed by atoms with Crippen LogP contribution in [0.4, 0.5) is 5.69 Å². The van der Waals surface area contributed by atoms with Crippen molar-refractivity contribution in [3.05, 3.63) is 55.6 Å². The van der Waals surface area contributed by atoms with Crippen molar-refractivity contribution in [2.24, 2.45) is 17.8 Å². The highest BCUT2D eigenvalue weighted by atomic mass is 127. The van der Waals surface area contributed by atoms with Crippen LogP contribution in [0.5, 0.6) is 5.75 Å². The highest BCUT2D eigenvalue weighted by Gasteiger charge is 2.69. The molecular formula is C23H21Cl2IN2O5. The van der Waals surface area contributed by atoms with E-state index in [2.05, 4.69) is 27.9 Å². The smallest absolute Gasteiger partial charge is 0.324 e. The van der Waals surface area contributed by atoms with Crippen LogP contribution in [0.25, 0.3) is 0 Å². The van der Waals surface area contributed by atoms with E-state index in [0.717, 1.165) is 8.47 Å². The van der Waals surface area contributed by atoms with Crippen molar-refractivity contribution < 1.29 is 24.6 Å². The molecule has 0 aromatic heterocycles. The summed E-state index contributed by atoms with van der Waals surface area (Å²) < 4.78 is 0.924. The monoisotopic (exact) mass is 602 g/mol. The van der Waals surface area contributed by atoms with E-state index >= 15 is 0 Å². The molecule has 10 heteroatoms. The molecule has 4 atom stereocenters. The van der Waals surface area contributed by atoms with Crippen LogP contribution in [0.1, 0.15) is 31.9 Å². The normalized spacial score (nSPS) is 26.8. The zero-order valence-electron chi connectivity index (χ0n) is 17.7. The van der Waals surface area contributed by atoms with Gasteiger partial charge < -0.3 is 10.2 Å². The van der Waals surface area contributed by atoms with Crippen LogP contribution >= 0.6 is 45.8 Å². The number of fused-ring (bicyclic) bond motifs is 1. The Morgan fingerprint density at radius 2 is 1.82 bits per heavy atom. The van der Waals surface area contributed by atoms with Gasteiger partial charge in [0.05, 0.1) is 22.5 Å². The van der Waals surface area contributed by atoms with Gasteiger partial charge >= 0.3 is 5.97 Å². The molecule has 2 fully saturated rings. The second-order valence-corrected chi connectivity index (χ2v) is 10.9. The first-order chi connectivity index (χ1) is 15.5. The molecule has 2 saturated heterocycles. The van der Waals surface area contributed by atoms with Crippen LogP contribution in [0.2, 0.25) is 10.0 Å². The van der Waals surface area contributed by atoms with Crippen molar-refractivity contribution in [1.82, 2.24) is 5.32 Å². The molecule has 2 heterocycles. The van der Waals surface area contributed by atoms with E-state index in [4.69, 9.17) is 23.2 Å². The van der Waals surface area contributed by atoms with E-state index in [1.807, 2.05) is 13.8 Å². The van der Waals surface area contributed by atoms with Crippen LogP contribution < -0.4 is 10.2 Å². The van der Waals surface area contributed by atoms with Gasteiger partial charge in [-0.05, 0) is 71.3 Å². The molecule has 2 amide bonds. The summed E-state index contributed by atoms with van der Waals surface area (Å²) in [5.41, 5.74) is -1.16. The average molecular weight is 603 g/mol. The maximum atomic E-state index is 13.7.